The molecule has 24 heteroatoms. The smallest absolute Gasteiger partial charge is 0.335 e. The van der Waals surface area contributed by atoms with E-state index in [9.17, 15) is 52.2 Å². The summed E-state index contributed by atoms with van der Waals surface area (Å²) in [7, 11) is -4.02. The Bertz CT molecular complexity index is 3610. The van der Waals surface area contributed by atoms with E-state index in [4.69, 9.17) is 32.7 Å². The largest absolute Gasteiger partial charge is 0.478 e. The molecule has 73 heavy (non-hydrogen) atoms. The van der Waals surface area contributed by atoms with Crippen molar-refractivity contribution in [2.24, 2.45) is 5.14 Å². The zero-order valence-corrected chi connectivity index (χ0v) is 39.6. The summed E-state index contributed by atoms with van der Waals surface area (Å²) in [5, 5.41) is 49.0. The number of nitrogens with zero attached hydrogens (tertiary/aromatic N) is 5. The fraction of sp³-hybridized carbons (Fsp3) is 0.122. The predicted octanol–water partition coefficient (Wildman–Crippen LogP) is 8.80. The van der Waals surface area contributed by atoms with Crippen molar-refractivity contribution in [3.05, 3.63) is 192 Å². The van der Waals surface area contributed by atoms with Gasteiger partial charge < -0.3 is 26.2 Å². The number of rotatable bonds is 11. The van der Waals surface area contributed by atoms with Gasteiger partial charge in [-0.1, -0.05) is 25.6 Å². The molecule has 0 unspecified atom stereocenters. The number of anilines is 1. The van der Waals surface area contributed by atoms with Crippen LogP contribution in [0, 0.1) is 39.9 Å². The van der Waals surface area contributed by atoms with Gasteiger partial charge in [0.1, 0.15) is 28.2 Å². The monoisotopic (exact) mass is 1040 g/mol. The first kappa shape index (κ1) is 56.5. The Labute approximate surface area is 419 Å². The number of amides is 1. The van der Waals surface area contributed by atoms with Gasteiger partial charge in [0.15, 0.2) is 0 Å². The molecule has 0 atom stereocenters. The highest BCUT2D eigenvalue weighted by atomic mass is 35.5. The second-order valence-electron chi connectivity index (χ2n) is 15.7. The number of nitrogens with one attached hydrogen (secondary N) is 2. The third-order valence-electron chi connectivity index (χ3n) is 9.97. The summed E-state index contributed by atoms with van der Waals surface area (Å²) in [5.74, 6) is -3.29. The Kier molecular flexibility index (Phi) is 18.7. The van der Waals surface area contributed by atoms with Crippen molar-refractivity contribution in [1.29, 1.82) is 0 Å². The molecule has 4 aromatic heterocycles. The van der Waals surface area contributed by atoms with Crippen LogP contribution in [0.4, 0.5) is 21.5 Å². The van der Waals surface area contributed by atoms with Crippen LogP contribution in [0.25, 0.3) is 32.7 Å². The number of carbonyl (C=O) groups is 4. The number of H-pyrrole nitrogens is 1. The van der Waals surface area contributed by atoms with E-state index in [2.05, 4.69) is 31.8 Å². The van der Waals surface area contributed by atoms with Gasteiger partial charge in [0.2, 0.25) is 10.0 Å². The number of nitro benzene ring substituents is 2. The Morgan fingerprint density at radius 1 is 0.849 bits per heavy atom. The quantitative estimate of drug-likeness (QED) is 0.0232. The molecular formula is C49H45ClFN9O12S. The minimum atomic E-state index is -4.02. The SMILES string of the molecule is C.C=C(C)C=O.Cc1cnc2c(S(N)(=O)=O)cc(Cc3cc(C(=O)NCc4cc5c(Cl)c[nH]c5cc4F)ccn3)cc2c1.Cc1cnc2c([N+](=O)[O-])cc(C(=O)O)cc2c1.Nc1ccc(C(=O)O)cc1[N+](=O)[O-]. The highest BCUT2D eigenvalue weighted by Crippen LogP contribution is 2.29. The zero-order valence-electron chi connectivity index (χ0n) is 38.0. The van der Waals surface area contributed by atoms with Crippen LogP contribution < -0.4 is 16.2 Å². The maximum Gasteiger partial charge on any atom is 0.335 e. The number of pyridine rings is 3. The summed E-state index contributed by atoms with van der Waals surface area (Å²) in [6.45, 7) is 8.57. The molecule has 8 N–H and O–H groups in total. The fourth-order valence-electron chi connectivity index (χ4n) is 6.64. The van der Waals surface area contributed by atoms with E-state index in [0.29, 0.717) is 60.2 Å². The molecule has 8 rings (SSSR count). The summed E-state index contributed by atoms with van der Waals surface area (Å²) in [6.07, 6.45) is 7.13. The lowest BCUT2D eigenvalue weighted by atomic mass is 10.0. The van der Waals surface area contributed by atoms with Gasteiger partial charge in [-0.2, -0.15) is 0 Å². The van der Waals surface area contributed by atoms with Crippen molar-refractivity contribution in [3.63, 3.8) is 0 Å². The highest BCUT2D eigenvalue weighted by molar-refractivity contribution is 7.89. The van der Waals surface area contributed by atoms with Gasteiger partial charge in [-0.05, 0) is 110 Å². The summed E-state index contributed by atoms with van der Waals surface area (Å²) in [4.78, 5) is 78.7. The third kappa shape index (κ3) is 14.7. The Morgan fingerprint density at radius 3 is 2.01 bits per heavy atom. The van der Waals surface area contributed by atoms with Crippen LogP contribution >= 0.6 is 11.6 Å². The number of benzene rings is 4. The first-order valence-corrected chi connectivity index (χ1v) is 22.5. The number of sulfonamides is 1. The lowest BCUT2D eigenvalue weighted by molar-refractivity contribution is -0.384. The number of hydrogen-bond donors (Lipinski definition) is 6. The number of nitrogen functional groups attached to an aromatic ring is 1. The maximum atomic E-state index is 14.5. The number of hydrogen-bond acceptors (Lipinski definition) is 14. The molecule has 0 aliphatic carbocycles. The molecule has 0 radical (unpaired) electrons. The number of aromatic carboxylic acids is 2. The van der Waals surface area contributed by atoms with E-state index in [1.165, 1.54) is 42.7 Å². The second kappa shape index (κ2) is 24.2. The molecule has 0 bridgehead atoms. The van der Waals surface area contributed by atoms with E-state index >= 15 is 0 Å². The van der Waals surface area contributed by atoms with Gasteiger partial charge in [-0.15, -0.1) is 0 Å². The molecule has 0 saturated heterocycles. The van der Waals surface area contributed by atoms with E-state index in [1.54, 1.807) is 50.5 Å². The number of aromatic amines is 1. The van der Waals surface area contributed by atoms with E-state index in [-0.39, 0.29) is 59.0 Å². The fourth-order valence-corrected chi connectivity index (χ4v) is 7.60. The number of allylic oxidation sites excluding steroid dienone is 1. The summed E-state index contributed by atoms with van der Waals surface area (Å²) < 4.78 is 38.9. The molecule has 4 aromatic carbocycles. The predicted molar refractivity (Wildman–Crippen MR) is 272 cm³/mol. The standard InChI is InChI=1S/C26H21ClFN5O3S.C11H8N2O4.C7H6N2O4.C4H6O.CH4/c1-14-4-17-5-15(7-24(37(29,35)36)25(17)32-11-14)6-19-8-16(2-3-30-19)26(34)33-12-18-9-20-21(27)13-31-23(20)10-22(18)28;1-6-2-7-3-8(11(14)15)4-9(13(16)17)10(7)12-5-6;8-5-2-1-4(7(10)11)3-6(5)9(12)13;1-4(2)3-5;/h2-5,7-11,13,31H,6,12H2,1H3,(H,33,34)(H2,29,35,36);2-5H,1H3,(H,14,15);1-3H,8H2,(H,10,11);3H,1H2,2H3;1H4. The van der Waals surface area contributed by atoms with E-state index < -0.39 is 43.5 Å². The van der Waals surface area contributed by atoms with Gasteiger partial charge in [0.25, 0.3) is 17.3 Å². The van der Waals surface area contributed by atoms with E-state index in [0.717, 1.165) is 29.5 Å². The van der Waals surface area contributed by atoms with Crippen LogP contribution in [0.3, 0.4) is 0 Å². The number of carbonyl (C=O) groups excluding carboxylic acids is 2. The number of nitrogens with two attached hydrogens (primary N) is 2. The van der Waals surface area contributed by atoms with Crippen molar-refractivity contribution in [3.8, 4) is 0 Å². The Hall–Kier alpha value is -9.06. The third-order valence-corrected chi connectivity index (χ3v) is 11.2. The number of carboxylic acid groups (broad SMARTS) is 2. The van der Waals surface area contributed by atoms with Gasteiger partial charge in [-0.25, -0.2) is 32.5 Å². The number of nitro groups is 2. The minimum Gasteiger partial charge on any atom is -0.478 e. The van der Waals surface area contributed by atoms with Crippen LogP contribution in [0.5, 0.6) is 0 Å². The van der Waals surface area contributed by atoms with Crippen LogP contribution in [0.15, 0.2) is 121 Å². The summed E-state index contributed by atoms with van der Waals surface area (Å²) in [5.41, 5.74) is 9.40. The average molecular weight is 1040 g/mol. The van der Waals surface area contributed by atoms with Crippen LogP contribution in [-0.4, -0.2) is 72.5 Å². The highest BCUT2D eigenvalue weighted by Gasteiger charge is 2.20. The van der Waals surface area contributed by atoms with Crippen molar-refractivity contribution in [2.75, 3.05) is 5.73 Å². The van der Waals surface area contributed by atoms with E-state index in [1.807, 2.05) is 19.1 Å². The number of fused-ring (bicyclic) bond motifs is 3. The summed E-state index contributed by atoms with van der Waals surface area (Å²) in [6, 6.07) is 18.6. The molecule has 0 aliphatic rings. The molecule has 8 aromatic rings. The number of aryl methyl sites for hydroxylation is 2. The number of aldehydes is 1. The van der Waals surface area contributed by atoms with Crippen LogP contribution in [0.1, 0.15) is 73.4 Å². The van der Waals surface area contributed by atoms with Crippen LogP contribution in [-0.2, 0) is 27.8 Å². The van der Waals surface area contributed by atoms with Gasteiger partial charge in [0, 0.05) is 88.4 Å². The van der Waals surface area contributed by atoms with Crippen molar-refractivity contribution in [1.82, 2.24) is 25.3 Å². The maximum absolute atomic E-state index is 14.5. The number of halogens is 2. The molecule has 378 valence electrons. The number of non-ortho nitro benzene ring substituents is 1. The number of carboxylic acids is 2. The zero-order chi connectivity index (χ0) is 53.2. The normalized spacial score (nSPS) is 10.5. The number of primary sulfonamides is 1. The van der Waals surface area contributed by atoms with Gasteiger partial charge >= 0.3 is 11.9 Å². The Morgan fingerprint density at radius 2 is 1.44 bits per heavy atom. The molecule has 21 nitrogen and oxygen atoms in total. The molecule has 0 saturated carbocycles. The molecule has 0 aliphatic heterocycles. The van der Waals surface area contributed by atoms with Crippen molar-refractivity contribution >= 4 is 95.5 Å². The first-order chi connectivity index (χ1) is 33.9. The van der Waals surface area contributed by atoms with Gasteiger partial charge in [-0.3, -0.25) is 39.8 Å². The Balaban J connectivity index is 0.000000264. The molecule has 1 amide bonds. The van der Waals surface area contributed by atoms with Crippen LogP contribution in [0.2, 0.25) is 5.02 Å². The molecule has 0 spiro atoms. The topological polar surface area (TPSA) is 348 Å². The second-order valence-corrected chi connectivity index (χ2v) is 17.6. The molecular weight excluding hydrogens is 993 g/mol. The lowest BCUT2D eigenvalue weighted by Gasteiger charge is -2.10. The average Bonchev–Trinajstić information content (AvgIpc) is 3.67. The summed E-state index contributed by atoms with van der Waals surface area (Å²) >= 11 is 6.12. The minimum absolute atomic E-state index is 0. The van der Waals surface area contributed by atoms with Crippen molar-refractivity contribution in [2.45, 2.75) is 46.1 Å². The van der Waals surface area contributed by atoms with Crippen molar-refractivity contribution < 1.29 is 52.0 Å². The van der Waals surface area contributed by atoms with Gasteiger partial charge in [0.05, 0.1) is 31.5 Å². The first-order valence-electron chi connectivity index (χ1n) is 20.6. The molecule has 4 heterocycles. The molecule has 0 fully saturated rings. The number of aromatic nitrogens is 4. The lowest BCUT2D eigenvalue weighted by Crippen LogP contribution is -2.23.